The second-order valence-corrected chi connectivity index (χ2v) is 21.6. The molecule has 0 saturated carbocycles. The summed E-state index contributed by atoms with van der Waals surface area (Å²) in [5.74, 6) is -0.965. The average molecular weight is 1140 g/mol. The number of unbranched alkanes of at least 4 members (excludes halogenated alkanes) is 20. The highest BCUT2D eigenvalue weighted by molar-refractivity contribution is 5.71. The van der Waals surface area contributed by atoms with Crippen molar-refractivity contribution < 1.29 is 28.6 Å². The Hall–Kier alpha value is -5.23. The summed E-state index contributed by atoms with van der Waals surface area (Å²) in [6.45, 7) is 6.35. The van der Waals surface area contributed by atoms with Gasteiger partial charge < -0.3 is 14.2 Å². The van der Waals surface area contributed by atoms with Crippen LogP contribution in [0.15, 0.2) is 170 Å². The lowest BCUT2D eigenvalue weighted by atomic mass is 10.1. The van der Waals surface area contributed by atoms with E-state index in [9.17, 15) is 14.4 Å². The summed E-state index contributed by atoms with van der Waals surface area (Å²) in [7, 11) is 0. The van der Waals surface area contributed by atoms with Gasteiger partial charge in [-0.15, -0.1) is 0 Å². The molecule has 0 rings (SSSR count). The van der Waals surface area contributed by atoms with Crippen LogP contribution in [0.1, 0.15) is 278 Å². The molecule has 0 fully saturated rings. The van der Waals surface area contributed by atoms with Crippen molar-refractivity contribution >= 4 is 17.9 Å². The van der Waals surface area contributed by atoms with Crippen molar-refractivity contribution in [2.45, 2.75) is 284 Å². The van der Waals surface area contributed by atoms with Gasteiger partial charge in [0.25, 0.3) is 0 Å². The van der Waals surface area contributed by atoms with E-state index in [1.54, 1.807) is 0 Å². The topological polar surface area (TPSA) is 78.9 Å². The molecule has 6 heteroatoms. The molecule has 1 unspecified atom stereocenters. The van der Waals surface area contributed by atoms with Crippen molar-refractivity contribution in [2.75, 3.05) is 13.2 Å². The van der Waals surface area contributed by atoms with Crippen molar-refractivity contribution in [3.63, 3.8) is 0 Å². The molecule has 0 heterocycles. The summed E-state index contributed by atoms with van der Waals surface area (Å²) in [6.07, 6.45) is 102. The minimum Gasteiger partial charge on any atom is -0.462 e. The third-order valence-electron chi connectivity index (χ3n) is 13.7. The highest BCUT2D eigenvalue weighted by Gasteiger charge is 2.19. The van der Waals surface area contributed by atoms with Gasteiger partial charge in [-0.25, -0.2) is 0 Å². The fourth-order valence-electron chi connectivity index (χ4n) is 8.71. The van der Waals surface area contributed by atoms with Crippen LogP contribution in [0.4, 0.5) is 0 Å². The predicted molar refractivity (Wildman–Crippen MR) is 361 cm³/mol. The molecule has 0 aliphatic rings. The van der Waals surface area contributed by atoms with Crippen LogP contribution in [0.3, 0.4) is 0 Å². The van der Waals surface area contributed by atoms with Gasteiger partial charge in [-0.05, 0) is 154 Å². The largest absolute Gasteiger partial charge is 0.462 e. The highest BCUT2D eigenvalue weighted by Crippen LogP contribution is 2.14. The Morgan fingerprint density at radius 2 is 0.470 bits per heavy atom. The third-order valence-corrected chi connectivity index (χ3v) is 13.7. The van der Waals surface area contributed by atoms with E-state index in [0.29, 0.717) is 19.3 Å². The highest BCUT2D eigenvalue weighted by atomic mass is 16.6. The summed E-state index contributed by atoms with van der Waals surface area (Å²) in [4.78, 5) is 38.4. The van der Waals surface area contributed by atoms with E-state index in [1.165, 1.54) is 51.4 Å². The molecule has 0 aromatic carbocycles. The maximum absolute atomic E-state index is 12.9. The molecule has 0 spiro atoms. The molecule has 0 aliphatic carbocycles. The van der Waals surface area contributed by atoms with Gasteiger partial charge in [0.15, 0.2) is 6.10 Å². The Kier molecular flexibility index (Phi) is 64.9. The van der Waals surface area contributed by atoms with E-state index < -0.39 is 6.10 Å². The van der Waals surface area contributed by atoms with Crippen LogP contribution in [0, 0.1) is 0 Å². The summed E-state index contributed by atoms with van der Waals surface area (Å²) in [5, 5.41) is 0. The minimum absolute atomic E-state index is 0.110. The Morgan fingerprint density at radius 1 is 0.253 bits per heavy atom. The molecule has 0 aromatic rings. The van der Waals surface area contributed by atoms with Crippen LogP contribution in [0.25, 0.3) is 0 Å². The van der Waals surface area contributed by atoms with Crippen LogP contribution in [0.5, 0.6) is 0 Å². The average Bonchev–Trinajstić information content (AvgIpc) is 3.49. The molecule has 0 aromatic heterocycles. The second-order valence-electron chi connectivity index (χ2n) is 21.6. The molecule has 0 amide bonds. The third kappa shape index (κ3) is 67.4. The van der Waals surface area contributed by atoms with E-state index in [4.69, 9.17) is 14.2 Å². The first-order chi connectivity index (χ1) is 41.0. The summed E-state index contributed by atoms with van der Waals surface area (Å²) in [6, 6.07) is 0. The standard InChI is InChI=1S/C77H122O6/c1-4-7-10-13-16-19-22-25-28-31-33-35-36-37-38-39-40-42-43-46-49-52-55-58-61-64-67-70-76(79)82-73-74(72-81-75(78)69-66-63-60-57-54-51-48-45-30-27-24-21-18-15-12-9-6-3)83-77(80)71-68-65-62-59-56-53-50-47-44-41-34-32-29-26-23-20-17-14-11-8-5-2/h7,9-10,12,16,18-19,21,23,25-28,30,32-35,37-38,40,42,44,46-49,51,74H,4-6,8,11,13-15,17,20,22,24,29,31,36,39,41,43,45,50,52-73H2,1-3H3/b10-7-,12-9-,19-16-,21-18-,26-23-,28-25-,30-27-,34-32-,35-33-,38-37-,42-40-,47-44-,49-46-,51-48-. The van der Waals surface area contributed by atoms with Gasteiger partial charge in [-0.3, -0.25) is 14.4 Å². The normalized spacial score (nSPS) is 13.2. The van der Waals surface area contributed by atoms with Gasteiger partial charge in [0.1, 0.15) is 13.2 Å². The van der Waals surface area contributed by atoms with E-state index in [0.717, 1.165) is 186 Å². The van der Waals surface area contributed by atoms with Crippen molar-refractivity contribution in [1.82, 2.24) is 0 Å². The first kappa shape index (κ1) is 77.8. The van der Waals surface area contributed by atoms with Crippen molar-refractivity contribution in [3.05, 3.63) is 170 Å². The first-order valence-corrected chi connectivity index (χ1v) is 33.6. The maximum atomic E-state index is 12.9. The molecule has 83 heavy (non-hydrogen) atoms. The Labute approximate surface area is 511 Å². The summed E-state index contributed by atoms with van der Waals surface area (Å²) < 4.78 is 16.9. The van der Waals surface area contributed by atoms with Crippen LogP contribution in [0.2, 0.25) is 0 Å². The summed E-state index contributed by atoms with van der Waals surface area (Å²) in [5.41, 5.74) is 0. The molecule has 466 valence electrons. The van der Waals surface area contributed by atoms with E-state index in [1.807, 2.05) is 0 Å². The fourth-order valence-corrected chi connectivity index (χ4v) is 8.71. The van der Waals surface area contributed by atoms with Gasteiger partial charge in [0.05, 0.1) is 0 Å². The number of ether oxygens (including phenoxy) is 3. The van der Waals surface area contributed by atoms with Crippen molar-refractivity contribution in [1.29, 1.82) is 0 Å². The number of carbonyl (C=O) groups is 3. The zero-order valence-electron chi connectivity index (χ0n) is 53.4. The number of allylic oxidation sites excluding steroid dienone is 28. The van der Waals surface area contributed by atoms with E-state index in [2.05, 4.69) is 191 Å². The van der Waals surface area contributed by atoms with Crippen LogP contribution in [-0.4, -0.2) is 37.2 Å². The second kappa shape index (κ2) is 69.3. The van der Waals surface area contributed by atoms with Crippen molar-refractivity contribution in [3.8, 4) is 0 Å². The molecule has 0 radical (unpaired) electrons. The van der Waals surface area contributed by atoms with E-state index >= 15 is 0 Å². The van der Waals surface area contributed by atoms with Gasteiger partial charge in [-0.1, -0.05) is 274 Å². The van der Waals surface area contributed by atoms with E-state index in [-0.39, 0.29) is 31.1 Å². The minimum atomic E-state index is -0.816. The number of hydrogen-bond acceptors (Lipinski definition) is 6. The lowest BCUT2D eigenvalue weighted by Crippen LogP contribution is -2.30. The lowest BCUT2D eigenvalue weighted by molar-refractivity contribution is -0.167. The number of esters is 3. The molecule has 6 nitrogen and oxygen atoms in total. The van der Waals surface area contributed by atoms with Crippen LogP contribution >= 0.6 is 0 Å². The van der Waals surface area contributed by atoms with Gasteiger partial charge in [0, 0.05) is 19.3 Å². The number of hydrogen-bond donors (Lipinski definition) is 0. The monoisotopic (exact) mass is 1140 g/mol. The molecule has 1 atom stereocenters. The quantitative estimate of drug-likeness (QED) is 0.0261. The summed E-state index contributed by atoms with van der Waals surface area (Å²) >= 11 is 0. The fraction of sp³-hybridized carbons (Fsp3) is 0.597. The van der Waals surface area contributed by atoms with Crippen LogP contribution in [-0.2, 0) is 28.6 Å². The number of carbonyl (C=O) groups excluding carboxylic acids is 3. The lowest BCUT2D eigenvalue weighted by Gasteiger charge is -2.18. The molecule has 0 saturated heterocycles. The zero-order chi connectivity index (χ0) is 59.9. The Bertz CT molecular complexity index is 1890. The zero-order valence-corrected chi connectivity index (χ0v) is 53.4. The maximum Gasteiger partial charge on any atom is 0.306 e. The van der Waals surface area contributed by atoms with Gasteiger partial charge >= 0.3 is 17.9 Å². The molecule has 0 aliphatic heterocycles. The smallest absolute Gasteiger partial charge is 0.306 e. The Balaban J connectivity index is 4.51. The molecule has 0 bridgehead atoms. The first-order valence-electron chi connectivity index (χ1n) is 33.6. The predicted octanol–water partition coefficient (Wildman–Crippen LogP) is 23.4. The molecular formula is C77H122O6. The van der Waals surface area contributed by atoms with Gasteiger partial charge in [-0.2, -0.15) is 0 Å². The van der Waals surface area contributed by atoms with Crippen LogP contribution < -0.4 is 0 Å². The van der Waals surface area contributed by atoms with Gasteiger partial charge in [0.2, 0.25) is 0 Å². The SMILES string of the molecule is CC/C=C\C/C=C\C/C=C\C/C=C\C/C=C\C/C=C\C/C=C\CCCCCCCC(=O)OCC(COC(=O)CCCCCC/C=C\C/C=C\C/C=C\C/C=C\CC)OC(=O)CCCCCCCC/C=C\C/C=C\C/C=C\CCCCCCC. The molecular weight excluding hydrogens is 1020 g/mol. The van der Waals surface area contributed by atoms with Crippen molar-refractivity contribution in [2.24, 2.45) is 0 Å². The number of rotatable bonds is 59. The molecule has 0 N–H and O–H groups in total. The Morgan fingerprint density at radius 3 is 0.735 bits per heavy atom.